The first-order valence-electron chi connectivity index (χ1n) is 7.13. The summed E-state index contributed by atoms with van der Waals surface area (Å²) in [6, 6.07) is 6.39. The van der Waals surface area contributed by atoms with Gasteiger partial charge in [0.25, 0.3) is 5.91 Å². The molecule has 0 atom stereocenters. The van der Waals surface area contributed by atoms with Gasteiger partial charge in [-0.15, -0.1) is 0 Å². The maximum absolute atomic E-state index is 12.3. The highest BCUT2D eigenvalue weighted by Gasteiger charge is 2.32. The maximum Gasteiger partial charge on any atom is 0.252 e. The Morgan fingerprint density at radius 1 is 1.25 bits per heavy atom. The summed E-state index contributed by atoms with van der Waals surface area (Å²) in [5, 5.41) is 3.77. The van der Waals surface area contributed by atoms with Gasteiger partial charge in [-0.2, -0.15) is 0 Å². The molecule has 0 bridgehead atoms. The van der Waals surface area contributed by atoms with E-state index in [1.807, 2.05) is 0 Å². The number of rotatable bonds is 3. The summed E-state index contributed by atoms with van der Waals surface area (Å²) in [5.41, 5.74) is 0.652. The van der Waals surface area contributed by atoms with Gasteiger partial charge in [-0.05, 0) is 59.8 Å². The van der Waals surface area contributed by atoms with Crippen LogP contribution in [0.2, 0.25) is 5.02 Å². The van der Waals surface area contributed by atoms with Crippen LogP contribution < -0.4 is 5.32 Å². The fraction of sp³-hybridized carbons (Fsp3) is 0.533. The molecule has 108 valence electrons. The minimum Gasteiger partial charge on any atom is -0.349 e. The van der Waals surface area contributed by atoms with Crippen molar-refractivity contribution in [2.75, 3.05) is 13.1 Å². The van der Waals surface area contributed by atoms with Gasteiger partial charge >= 0.3 is 0 Å². The summed E-state index contributed by atoms with van der Waals surface area (Å²) in [6.45, 7) is 2.22. The lowest BCUT2D eigenvalue weighted by Crippen LogP contribution is -2.45. The molecule has 1 heterocycles. The topological polar surface area (TPSA) is 32.3 Å². The zero-order valence-corrected chi connectivity index (χ0v) is 13.6. The molecule has 0 spiro atoms. The van der Waals surface area contributed by atoms with E-state index in [0.717, 1.165) is 36.4 Å². The molecule has 1 saturated carbocycles. The van der Waals surface area contributed by atoms with Crippen LogP contribution in [0.1, 0.15) is 36.0 Å². The Morgan fingerprint density at radius 3 is 2.55 bits per heavy atom. The molecule has 0 radical (unpaired) electrons. The Labute approximate surface area is 132 Å². The minimum absolute atomic E-state index is 0.0154. The van der Waals surface area contributed by atoms with E-state index in [1.54, 1.807) is 18.2 Å². The lowest BCUT2D eigenvalue weighted by molar-refractivity contribution is 0.0908. The number of nitrogens with one attached hydrogen (secondary N) is 1. The Kier molecular flexibility index (Phi) is 4.34. The minimum atomic E-state index is -0.0154. The molecular formula is C15H18BrClN2O. The molecule has 0 unspecified atom stereocenters. The van der Waals surface area contributed by atoms with Crippen LogP contribution in [0.25, 0.3) is 0 Å². The fourth-order valence-corrected chi connectivity index (χ4v) is 3.65. The van der Waals surface area contributed by atoms with Crippen molar-refractivity contribution in [2.24, 2.45) is 0 Å². The van der Waals surface area contributed by atoms with Gasteiger partial charge < -0.3 is 10.2 Å². The molecular weight excluding hydrogens is 340 g/mol. The summed E-state index contributed by atoms with van der Waals surface area (Å²) in [5.74, 6) is -0.0154. The van der Waals surface area contributed by atoms with Crippen LogP contribution in [-0.4, -0.2) is 36.0 Å². The van der Waals surface area contributed by atoms with E-state index in [2.05, 4.69) is 26.1 Å². The second-order valence-corrected chi connectivity index (χ2v) is 6.93. The van der Waals surface area contributed by atoms with Gasteiger partial charge in [-0.1, -0.05) is 11.6 Å². The molecule has 1 amide bonds. The van der Waals surface area contributed by atoms with E-state index in [0.29, 0.717) is 16.6 Å². The van der Waals surface area contributed by atoms with Crippen molar-refractivity contribution in [3.05, 3.63) is 33.3 Å². The van der Waals surface area contributed by atoms with E-state index >= 15 is 0 Å². The standard InChI is InChI=1S/C15H18BrClN2O/c16-14-9-10(17)1-4-13(14)15(20)18-11-5-7-19(8-6-11)12-2-3-12/h1,4,9,11-12H,2-3,5-8H2,(H,18,20). The Balaban J connectivity index is 1.56. The molecule has 1 aromatic rings. The molecule has 1 saturated heterocycles. The van der Waals surface area contributed by atoms with Crippen LogP contribution in [0.3, 0.4) is 0 Å². The van der Waals surface area contributed by atoms with Crippen LogP contribution >= 0.6 is 27.5 Å². The summed E-state index contributed by atoms with van der Waals surface area (Å²) < 4.78 is 0.748. The predicted molar refractivity (Wildman–Crippen MR) is 84.2 cm³/mol. The fourth-order valence-electron chi connectivity index (χ4n) is 2.79. The number of carbonyl (C=O) groups is 1. The molecule has 2 fully saturated rings. The summed E-state index contributed by atoms with van der Waals surface area (Å²) in [6.07, 6.45) is 4.81. The zero-order chi connectivity index (χ0) is 14.1. The number of hydrogen-bond acceptors (Lipinski definition) is 2. The third-order valence-electron chi connectivity index (χ3n) is 4.10. The molecule has 1 N–H and O–H groups in total. The van der Waals surface area contributed by atoms with Crippen LogP contribution in [0.15, 0.2) is 22.7 Å². The molecule has 0 aromatic heterocycles. The second kappa shape index (κ2) is 6.04. The highest BCUT2D eigenvalue weighted by Crippen LogP contribution is 2.29. The van der Waals surface area contributed by atoms with E-state index in [4.69, 9.17) is 11.6 Å². The lowest BCUT2D eigenvalue weighted by atomic mass is 10.0. The number of piperidine rings is 1. The highest BCUT2D eigenvalue weighted by atomic mass is 79.9. The summed E-state index contributed by atoms with van der Waals surface area (Å²) in [7, 11) is 0. The van der Waals surface area contributed by atoms with E-state index < -0.39 is 0 Å². The molecule has 2 aliphatic rings. The molecule has 3 rings (SSSR count). The smallest absolute Gasteiger partial charge is 0.252 e. The third kappa shape index (κ3) is 3.35. The molecule has 1 aliphatic carbocycles. The molecule has 20 heavy (non-hydrogen) atoms. The maximum atomic E-state index is 12.3. The first kappa shape index (κ1) is 14.4. The number of nitrogens with zero attached hydrogens (tertiary/aromatic N) is 1. The van der Waals surface area contributed by atoms with Gasteiger partial charge in [0.1, 0.15) is 0 Å². The lowest BCUT2D eigenvalue weighted by Gasteiger charge is -2.32. The normalized spacial score (nSPS) is 20.9. The van der Waals surface area contributed by atoms with E-state index in [-0.39, 0.29) is 5.91 Å². The highest BCUT2D eigenvalue weighted by molar-refractivity contribution is 9.10. The number of carbonyl (C=O) groups excluding carboxylic acids is 1. The molecule has 5 heteroatoms. The van der Waals surface area contributed by atoms with Crippen molar-refractivity contribution < 1.29 is 4.79 Å². The Morgan fingerprint density at radius 2 is 1.95 bits per heavy atom. The first-order valence-corrected chi connectivity index (χ1v) is 8.30. The number of likely N-dealkylation sites (tertiary alicyclic amines) is 1. The molecule has 1 aliphatic heterocycles. The van der Waals surface area contributed by atoms with Gasteiger partial charge in [0.2, 0.25) is 0 Å². The van der Waals surface area contributed by atoms with E-state index in [1.165, 1.54) is 12.8 Å². The average molecular weight is 358 g/mol. The van der Waals surface area contributed by atoms with Crippen LogP contribution in [0.4, 0.5) is 0 Å². The molecule has 1 aromatic carbocycles. The van der Waals surface area contributed by atoms with Crippen molar-refractivity contribution >= 4 is 33.4 Å². The van der Waals surface area contributed by atoms with Crippen molar-refractivity contribution in [1.29, 1.82) is 0 Å². The monoisotopic (exact) mass is 356 g/mol. The van der Waals surface area contributed by atoms with Gasteiger partial charge in [0, 0.05) is 34.7 Å². The van der Waals surface area contributed by atoms with Crippen molar-refractivity contribution in [3.8, 4) is 0 Å². The van der Waals surface area contributed by atoms with Crippen molar-refractivity contribution in [1.82, 2.24) is 10.2 Å². The van der Waals surface area contributed by atoms with Gasteiger partial charge in [0.15, 0.2) is 0 Å². The predicted octanol–water partition coefficient (Wildman–Crippen LogP) is 3.46. The second-order valence-electron chi connectivity index (χ2n) is 5.64. The van der Waals surface area contributed by atoms with Crippen LogP contribution in [0.5, 0.6) is 0 Å². The number of benzene rings is 1. The van der Waals surface area contributed by atoms with Gasteiger partial charge in [0.05, 0.1) is 5.56 Å². The van der Waals surface area contributed by atoms with Gasteiger partial charge in [-0.25, -0.2) is 0 Å². The summed E-state index contributed by atoms with van der Waals surface area (Å²) >= 11 is 9.29. The van der Waals surface area contributed by atoms with Gasteiger partial charge in [-0.3, -0.25) is 4.79 Å². The Hall–Kier alpha value is -0.580. The third-order valence-corrected chi connectivity index (χ3v) is 4.99. The number of halogens is 2. The zero-order valence-electron chi connectivity index (χ0n) is 11.2. The van der Waals surface area contributed by atoms with Crippen LogP contribution in [-0.2, 0) is 0 Å². The SMILES string of the molecule is O=C(NC1CCN(C2CC2)CC1)c1ccc(Cl)cc1Br. The average Bonchev–Trinajstić information content (AvgIpc) is 3.23. The number of amides is 1. The Bertz CT molecular complexity index is 511. The van der Waals surface area contributed by atoms with Crippen molar-refractivity contribution in [2.45, 2.75) is 37.8 Å². The number of hydrogen-bond donors (Lipinski definition) is 1. The first-order chi connectivity index (χ1) is 9.63. The quantitative estimate of drug-likeness (QED) is 0.898. The van der Waals surface area contributed by atoms with E-state index in [9.17, 15) is 4.79 Å². The largest absolute Gasteiger partial charge is 0.349 e. The summed E-state index contributed by atoms with van der Waals surface area (Å²) in [4.78, 5) is 14.8. The van der Waals surface area contributed by atoms with Crippen molar-refractivity contribution in [3.63, 3.8) is 0 Å². The van der Waals surface area contributed by atoms with Crippen LogP contribution in [0, 0.1) is 0 Å². The molecule has 3 nitrogen and oxygen atoms in total.